The predicted molar refractivity (Wildman–Crippen MR) is 166 cm³/mol. The van der Waals surface area contributed by atoms with Crippen molar-refractivity contribution < 1.29 is 32.2 Å². The molecule has 2 N–H and O–H groups in total. The Labute approximate surface area is 269 Å². The third-order valence-corrected chi connectivity index (χ3v) is 7.44. The number of methoxy groups -OCH3 is 1. The maximum atomic E-state index is 14.7. The summed E-state index contributed by atoms with van der Waals surface area (Å²) in [6.07, 6.45) is 4.17. The van der Waals surface area contributed by atoms with Crippen LogP contribution in [0.1, 0.15) is 49.9 Å². The van der Waals surface area contributed by atoms with Crippen LogP contribution in [0.25, 0.3) is 11.3 Å². The number of aromatic nitrogens is 5. The Morgan fingerprint density at radius 1 is 1.04 bits per heavy atom. The van der Waals surface area contributed by atoms with Crippen molar-refractivity contribution in [3.63, 3.8) is 0 Å². The molecule has 0 aliphatic carbocycles. The highest BCUT2D eigenvalue weighted by Gasteiger charge is 2.39. The molecule has 47 heavy (non-hydrogen) atoms. The van der Waals surface area contributed by atoms with E-state index >= 15 is 0 Å². The van der Waals surface area contributed by atoms with Crippen LogP contribution in [0.5, 0.6) is 0 Å². The van der Waals surface area contributed by atoms with Gasteiger partial charge >= 0.3 is 6.09 Å². The lowest BCUT2D eigenvalue weighted by atomic mass is 9.89. The van der Waals surface area contributed by atoms with Crippen molar-refractivity contribution in [3.8, 4) is 11.3 Å². The number of carbonyl (C=O) groups excluding carboxylic acids is 2. The standard InChI is InChI=1S/C32H35F3N8O4/c1-18-14-42(16-25(39-31(45)47-32(2,3)4)29(18)43-15-19(17-46-5)40-41-43)26-11-12-36-13-24(26)38-30(44)23-10-9-22(35)28(37-23)27-20(33)7-6-8-21(27)34/h6-13,15,18,25,29H,14,16-17H2,1-5H3,(H,38,44)(H,39,45)/t18-,25+,29-/m0/s1. The van der Waals surface area contributed by atoms with Gasteiger partial charge in [0.05, 0.1) is 48.0 Å². The van der Waals surface area contributed by atoms with Crippen molar-refractivity contribution in [2.75, 3.05) is 30.4 Å². The van der Waals surface area contributed by atoms with Gasteiger partial charge in [-0.1, -0.05) is 18.2 Å². The Morgan fingerprint density at radius 2 is 1.79 bits per heavy atom. The monoisotopic (exact) mass is 652 g/mol. The van der Waals surface area contributed by atoms with E-state index in [2.05, 4.69) is 30.9 Å². The first-order chi connectivity index (χ1) is 22.3. The third kappa shape index (κ3) is 7.68. The molecular weight excluding hydrogens is 617 g/mol. The van der Waals surface area contributed by atoms with Crippen molar-refractivity contribution >= 4 is 23.4 Å². The van der Waals surface area contributed by atoms with Crippen molar-refractivity contribution in [2.45, 2.75) is 52.0 Å². The first kappa shape index (κ1) is 33.3. The fraction of sp³-hybridized carbons (Fsp3) is 0.375. The molecule has 4 heterocycles. The van der Waals surface area contributed by atoms with Gasteiger partial charge < -0.3 is 25.0 Å². The molecule has 0 unspecified atom stereocenters. The van der Waals surface area contributed by atoms with Gasteiger partial charge in [0.25, 0.3) is 5.91 Å². The number of hydrogen-bond donors (Lipinski definition) is 2. The number of nitrogens with zero attached hydrogens (tertiary/aromatic N) is 6. The normalized spacial score (nSPS) is 18.1. The largest absolute Gasteiger partial charge is 0.444 e. The topological polar surface area (TPSA) is 136 Å². The van der Waals surface area contributed by atoms with E-state index in [0.717, 1.165) is 30.3 Å². The molecule has 1 saturated heterocycles. The van der Waals surface area contributed by atoms with E-state index in [9.17, 15) is 22.8 Å². The summed E-state index contributed by atoms with van der Waals surface area (Å²) in [6, 6.07) is 6.03. The Hall–Kier alpha value is -5.05. The second-order valence-corrected chi connectivity index (χ2v) is 12.2. The second-order valence-electron chi connectivity index (χ2n) is 12.2. The molecule has 2 amide bonds. The lowest BCUT2D eigenvalue weighted by Crippen LogP contribution is -2.57. The van der Waals surface area contributed by atoms with E-state index in [1.54, 1.807) is 51.0 Å². The lowest BCUT2D eigenvalue weighted by Gasteiger charge is -2.44. The zero-order valence-electron chi connectivity index (χ0n) is 26.5. The highest BCUT2D eigenvalue weighted by Crippen LogP contribution is 2.35. The van der Waals surface area contributed by atoms with Gasteiger partial charge in [-0.05, 0) is 57.0 Å². The van der Waals surface area contributed by atoms with Crippen LogP contribution in [-0.2, 0) is 16.1 Å². The van der Waals surface area contributed by atoms with Gasteiger partial charge in [-0.15, -0.1) is 5.10 Å². The number of ether oxygens (including phenoxy) is 2. The van der Waals surface area contributed by atoms with Gasteiger partial charge in [0.1, 0.15) is 40.1 Å². The molecule has 1 aliphatic heterocycles. The van der Waals surface area contributed by atoms with Crippen LogP contribution < -0.4 is 15.5 Å². The van der Waals surface area contributed by atoms with Crippen molar-refractivity contribution in [3.05, 3.63) is 83.8 Å². The second kappa shape index (κ2) is 13.7. The fourth-order valence-electron chi connectivity index (χ4n) is 5.59. The summed E-state index contributed by atoms with van der Waals surface area (Å²) < 4.78 is 56.0. The van der Waals surface area contributed by atoms with Crippen LogP contribution in [0, 0.1) is 23.4 Å². The van der Waals surface area contributed by atoms with Gasteiger partial charge in [0.2, 0.25) is 0 Å². The minimum atomic E-state index is -1.02. The Kier molecular flexibility index (Phi) is 9.75. The molecule has 3 atom stereocenters. The summed E-state index contributed by atoms with van der Waals surface area (Å²) in [7, 11) is 1.56. The zero-order valence-corrected chi connectivity index (χ0v) is 26.5. The molecule has 15 heteroatoms. The number of anilines is 2. The minimum absolute atomic E-state index is 0.102. The molecule has 4 aromatic rings. The van der Waals surface area contributed by atoms with Gasteiger partial charge in [-0.3, -0.25) is 9.78 Å². The van der Waals surface area contributed by atoms with E-state index in [1.807, 2.05) is 11.8 Å². The molecule has 1 aliphatic rings. The summed E-state index contributed by atoms with van der Waals surface area (Å²) in [4.78, 5) is 36.4. The number of nitrogens with one attached hydrogen (secondary N) is 2. The minimum Gasteiger partial charge on any atom is -0.444 e. The van der Waals surface area contributed by atoms with Gasteiger partial charge in [-0.2, -0.15) is 0 Å². The summed E-state index contributed by atoms with van der Waals surface area (Å²) in [6.45, 7) is 8.35. The van der Waals surface area contributed by atoms with E-state index in [1.165, 1.54) is 6.20 Å². The average Bonchev–Trinajstić information content (AvgIpc) is 3.45. The van der Waals surface area contributed by atoms with E-state index in [4.69, 9.17) is 9.47 Å². The number of piperidine rings is 1. The molecule has 3 aromatic heterocycles. The van der Waals surface area contributed by atoms with Gasteiger partial charge in [0, 0.05) is 26.4 Å². The highest BCUT2D eigenvalue weighted by atomic mass is 19.1. The first-order valence-corrected chi connectivity index (χ1v) is 14.8. The first-order valence-electron chi connectivity index (χ1n) is 14.8. The van der Waals surface area contributed by atoms with Crippen molar-refractivity contribution in [2.24, 2.45) is 5.92 Å². The average molecular weight is 653 g/mol. The summed E-state index contributed by atoms with van der Waals surface area (Å²) in [5, 5.41) is 14.2. The molecule has 0 spiro atoms. The fourth-order valence-corrected chi connectivity index (χ4v) is 5.59. The Balaban J connectivity index is 1.42. The number of hydrogen-bond acceptors (Lipinski definition) is 9. The molecule has 12 nitrogen and oxygen atoms in total. The maximum Gasteiger partial charge on any atom is 0.408 e. The van der Waals surface area contributed by atoms with Crippen LogP contribution in [0.3, 0.4) is 0 Å². The van der Waals surface area contributed by atoms with Crippen molar-refractivity contribution in [1.29, 1.82) is 0 Å². The summed E-state index contributed by atoms with van der Waals surface area (Å²) >= 11 is 0. The molecular formula is C32H35F3N8O4. The quantitative estimate of drug-likeness (QED) is 0.265. The lowest BCUT2D eigenvalue weighted by molar-refractivity contribution is 0.0465. The van der Waals surface area contributed by atoms with Crippen LogP contribution in [0.15, 0.2) is 55.0 Å². The molecule has 248 valence electrons. The third-order valence-electron chi connectivity index (χ3n) is 7.44. The number of carbonyl (C=O) groups is 2. The number of amides is 2. The van der Waals surface area contributed by atoms with Crippen LogP contribution >= 0.6 is 0 Å². The number of benzene rings is 1. The number of rotatable bonds is 8. The van der Waals surface area contributed by atoms with Crippen molar-refractivity contribution in [1.82, 2.24) is 30.3 Å². The smallest absolute Gasteiger partial charge is 0.408 e. The van der Waals surface area contributed by atoms with Gasteiger partial charge in [-0.25, -0.2) is 27.6 Å². The Morgan fingerprint density at radius 3 is 2.49 bits per heavy atom. The molecule has 0 saturated carbocycles. The molecule has 5 rings (SSSR count). The SMILES string of the molecule is COCc1cn([C@H]2[C@@H](C)CN(c3ccncc3NC(=O)c3ccc(F)c(-c4c(F)cccc4F)n3)C[C@H]2NC(=O)OC(C)(C)C)nn1. The number of alkyl carbamates (subject to hydrolysis) is 1. The molecule has 0 bridgehead atoms. The predicted octanol–water partition coefficient (Wildman–Crippen LogP) is 5.14. The maximum absolute atomic E-state index is 14.7. The number of pyridine rings is 2. The van der Waals surface area contributed by atoms with Crippen LogP contribution in [0.2, 0.25) is 0 Å². The van der Waals surface area contributed by atoms with Gasteiger partial charge in [0.15, 0.2) is 0 Å². The van der Waals surface area contributed by atoms with E-state index in [-0.39, 0.29) is 30.8 Å². The van der Waals surface area contributed by atoms with Crippen LogP contribution in [-0.4, -0.2) is 68.8 Å². The molecule has 1 fully saturated rings. The summed E-state index contributed by atoms with van der Waals surface area (Å²) in [5.41, 5.74) is -0.797. The summed E-state index contributed by atoms with van der Waals surface area (Å²) in [5.74, 6) is -3.88. The Bertz CT molecular complexity index is 1740. The molecule has 1 aromatic carbocycles. The van der Waals surface area contributed by atoms with E-state index in [0.29, 0.717) is 23.6 Å². The van der Waals surface area contributed by atoms with E-state index < -0.39 is 52.4 Å². The van der Waals surface area contributed by atoms with Crippen LogP contribution in [0.4, 0.5) is 29.3 Å². The molecule has 0 radical (unpaired) electrons. The number of halogens is 3. The zero-order chi connectivity index (χ0) is 33.9. The highest BCUT2D eigenvalue weighted by molar-refractivity contribution is 6.04.